The zero-order valence-corrected chi connectivity index (χ0v) is 30.4. The van der Waals surface area contributed by atoms with Crippen molar-refractivity contribution in [2.75, 3.05) is 11.5 Å². The average molecular weight is 791 g/mol. The van der Waals surface area contributed by atoms with E-state index in [0.717, 1.165) is 15.4 Å². The van der Waals surface area contributed by atoms with Gasteiger partial charge in [-0.2, -0.15) is 0 Å². The standard InChI is InChI=1S/C13H11N3O4.C13H13N3O3.C13H10N2O4/c14-7-3-1-2-6-10(7)13(20)16(12(6)19)8-4-5-9(17)15-11(8)18;14-9-3-1-2-7-8(9)6-16(13(7)19)10-4-5-11(17)15-12(10)18;16-10-6-5-9(11(17)14-10)15-12(18)7-3-1-2-4-8(7)13(15)19/h1-3,8H,4-5,14H2,(H,15,17,18);1-3,10H,4-6,14H2,(H,15,17,18);1-4,9H,5-6H2,(H,14,16,17). The van der Waals surface area contributed by atoms with Gasteiger partial charge in [-0.15, -0.1) is 0 Å². The van der Waals surface area contributed by atoms with E-state index in [4.69, 9.17) is 11.5 Å². The number of nitrogens with one attached hydrogen (secondary N) is 3. The fourth-order valence-corrected chi connectivity index (χ4v) is 7.57. The summed E-state index contributed by atoms with van der Waals surface area (Å²) in [6.45, 7) is 0.327. The minimum absolute atomic E-state index is 0.0965. The first-order valence-corrected chi connectivity index (χ1v) is 18.1. The highest BCUT2D eigenvalue weighted by molar-refractivity contribution is 6.25. The summed E-state index contributed by atoms with van der Waals surface area (Å²) in [5, 5.41) is 6.55. The van der Waals surface area contributed by atoms with E-state index in [9.17, 15) is 52.7 Å². The van der Waals surface area contributed by atoms with Crippen LogP contribution in [0.25, 0.3) is 0 Å². The molecule has 0 radical (unpaired) electrons. The second-order valence-electron chi connectivity index (χ2n) is 14.0. The van der Waals surface area contributed by atoms with E-state index in [2.05, 4.69) is 16.0 Å². The quantitative estimate of drug-likeness (QED) is 0.170. The molecule has 19 heteroatoms. The summed E-state index contributed by atoms with van der Waals surface area (Å²) in [6, 6.07) is 13.8. The number of hydrogen-bond donors (Lipinski definition) is 5. The minimum atomic E-state index is -0.959. The number of piperidine rings is 3. The van der Waals surface area contributed by atoms with E-state index in [-0.39, 0.29) is 66.6 Å². The number of rotatable bonds is 3. The first-order chi connectivity index (χ1) is 27.7. The molecule has 3 aromatic rings. The van der Waals surface area contributed by atoms with Crippen molar-refractivity contribution in [3.63, 3.8) is 0 Å². The predicted octanol–water partition coefficient (Wildman–Crippen LogP) is -0.212. The van der Waals surface area contributed by atoms with E-state index in [1.165, 1.54) is 17.0 Å². The second kappa shape index (κ2) is 15.2. The first kappa shape index (κ1) is 38.7. The van der Waals surface area contributed by atoms with Crippen LogP contribution in [0.1, 0.15) is 95.9 Å². The normalized spacial score (nSPS) is 22.3. The molecule has 3 unspecified atom stereocenters. The SMILES string of the molecule is Nc1cccc2c1C(=O)N(C1CCC(=O)NC1=O)C2=O.Nc1cccc2c1CN(C1CCC(=O)NC1=O)C2=O.O=C1CCC(N2C(=O)c3ccccc3C2=O)C(=O)N1. The molecule has 3 aromatic carbocycles. The zero-order chi connectivity index (χ0) is 41.6. The van der Waals surface area contributed by atoms with Gasteiger partial charge in [-0.05, 0) is 55.7 Å². The Balaban J connectivity index is 0.000000132. The molecule has 9 rings (SSSR count). The van der Waals surface area contributed by atoms with Crippen LogP contribution >= 0.6 is 0 Å². The Hall–Kier alpha value is -7.57. The highest BCUT2D eigenvalue weighted by Crippen LogP contribution is 2.32. The van der Waals surface area contributed by atoms with Gasteiger partial charge in [0.1, 0.15) is 18.1 Å². The van der Waals surface area contributed by atoms with Crippen LogP contribution in [0, 0.1) is 0 Å². The van der Waals surface area contributed by atoms with Gasteiger partial charge in [-0.3, -0.25) is 78.5 Å². The van der Waals surface area contributed by atoms with Crippen LogP contribution in [-0.2, 0) is 35.3 Å². The maximum absolute atomic E-state index is 12.3. The number of benzene rings is 3. The van der Waals surface area contributed by atoms with Crippen LogP contribution in [-0.4, -0.2) is 97.8 Å². The number of imide groups is 5. The fourth-order valence-electron chi connectivity index (χ4n) is 7.57. The molecule has 7 N–H and O–H groups in total. The molecule has 0 spiro atoms. The van der Waals surface area contributed by atoms with Gasteiger partial charge in [-0.25, -0.2) is 0 Å². The number of amides is 11. The van der Waals surface area contributed by atoms with Crippen LogP contribution in [0.5, 0.6) is 0 Å². The van der Waals surface area contributed by atoms with E-state index in [1.54, 1.807) is 48.5 Å². The lowest BCUT2D eigenvalue weighted by Gasteiger charge is -2.29. The average Bonchev–Trinajstić information content (AvgIpc) is 3.75. The number of fused-ring (bicyclic) bond motifs is 3. The summed E-state index contributed by atoms with van der Waals surface area (Å²) in [5.41, 5.74) is 14.6. The molecule has 3 atom stereocenters. The van der Waals surface area contributed by atoms with Gasteiger partial charge >= 0.3 is 0 Å². The number of carbonyl (C=O) groups excluding carboxylic acids is 11. The lowest BCUT2D eigenvalue weighted by atomic mass is 10.0. The zero-order valence-electron chi connectivity index (χ0n) is 30.4. The summed E-state index contributed by atoms with van der Waals surface area (Å²) in [6.07, 6.45) is 1.16. The summed E-state index contributed by atoms with van der Waals surface area (Å²) in [4.78, 5) is 133. The van der Waals surface area contributed by atoms with Crippen molar-refractivity contribution in [2.45, 2.75) is 63.2 Å². The third-order valence-electron chi connectivity index (χ3n) is 10.5. The van der Waals surface area contributed by atoms with Crippen molar-refractivity contribution in [3.05, 3.63) is 94.0 Å². The Morgan fingerprint density at radius 3 is 1.33 bits per heavy atom. The lowest BCUT2D eigenvalue weighted by Crippen LogP contribution is -2.54. The highest BCUT2D eigenvalue weighted by atomic mass is 16.2. The molecule has 0 bridgehead atoms. The molecule has 6 heterocycles. The molecule has 0 aliphatic carbocycles. The molecule has 58 heavy (non-hydrogen) atoms. The Morgan fingerprint density at radius 1 is 0.448 bits per heavy atom. The third kappa shape index (κ3) is 6.82. The number of nitrogens with two attached hydrogens (primary N) is 2. The number of nitrogens with zero attached hydrogens (tertiary/aromatic N) is 3. The molecule has 3 saturated heterocycles. The van der Waals surface area contributed by atoms with Gasteiger partial charge in [-0.1, -0.05) is 24.3 Å². The van der Waals surface area contributed by atoms with E-state index >= 15 is 0 Å². The number of nitrogen functional groups attached to an aromatic ring is 2. The Labute approximate surface area is 328 Å². The summed E-state index contributed by atoms with van der Waals surface area (Å²) in [7, 11) is 0. The van der Waals surface area contributed by atoms with Crippen molar-refractivity contribution in [2.24, 2.45) is 0 Å². The Kier molecular flexibility index (Phi) is 10.1. The van der Waals surface area contributed by atoms with Crippen molar-refractivity contribution >= 4 is 76.4 Å². The van der Waals surface area contributed by atoms with Gasteiger partial charge in [0.25, 0.3) is 29.5 Å². The van der Waals surface area contributed by atoms with Crippen molar-refractivity contribution in [1.29, 1.82) is 0 Å². The monoisotopic (exact) mass is 790 g/mol. The summed E-state index contributed by atoms with van der Waals surface area (Å²) < 4.78 is 0. The van der Waals surface area contributed by atoms with Crippen LogP contribution in [0.3, 0.4) is 0 Å². The van der Waals surface area contributed by atoms with Gasteiger partial charge in [0.15, 0.2) is 0 Å². The van der Waals surface area contributed by atoms with E-state index in [1.807, 2.05) is 0 Å². The maximum atomic E-state index is 12.3. The third-order valence-corrected chi connectivity index (χ3v) is 10.5. The first-order valence-electron chi connectivity index (χ1n) is 18.1. The molecule has 296 valence electrons. The van der Waals surface area contributed by atoms with Crippen LogP contribution in [0.15, 0.2) is 60.7 Å². The largest absolute Gasteiger partial charge is 0.398 e. The maximum Gasteiger partial charge on any atom is 0.264 e. The smallest absolute Gasteiger partial charge is 0.264 e. The summed E-state index contributed by atoms with van der Waals surface area (Å²) >= 11 is 0. The molecule has 11 amide bonds. The molecule has 0 saturated carbocycles. The van der Waals surface area contributed by atoms with E-state index in [0.29, 0.717) is 35.3 Å². The van der Waals surface area contributed by atoms with Crippen molar-refractivity contribution < 1.29 is 52.7 Å². The molecule has 19 nitrogen and oxygen atoms in total. The second-order valence-corrected chi connectivity index (χ2v) is 14.0. The molecular formula is C39H34N8O11. The van der Waals surface area contributed by atoms with Gasteiger partial charge in [0.05, 0.1) is 22.3 Å². The fraction of sp³-hybridized carbons (Fsp3) is 0.256. The van der Waals surface area contributed by atoms with Crippen LogP contribution < -0.4 is 27.4 Å². The Morgan fingerprint density at radius 2 is 0.862 bits per heavy atom. The number of anilines is 2. The predicted molar refractivity (Wildman–Crippen MR) is 198 cm³/mol. The molecule has 6 aliphatic rings. The van der Waals surface area contributed by atoms with Crippen molar-refractivity contribution in [3.8, 4) is 0 Å². The Bertz CT molecular complexity index is 2380. The lowest BCUT2D eigenvalue weighted by molar-refractivity contribution is -0.138. The highest BCUT2D eigenvalue weighted by Gasteiger charge is 2.46. The minimum Gasteiger partial charge on any atom is -0.398 e. The van der Waals surface area contributed by atoms with E-state index < -0.39 is 65.4 Å². The topological polar surface area (TPSA) is 286 Å². The molecular weight excluding hydrogens is 756 g/mol. The van der Waals surface area contributed by atoms with Gasteiger partial charge in [0, 0.05) is 48.3 Å². The van der Waals surface area contributed by atoms with Gasteiger partial charge in [0.2, 0.25) is 35.4 Å². The number of hydrogen-bond acceptors (Lipinski definition) is 13. The van der Waals surface area contributed by atoms with Crippen LogP contribution in [0.2, 0.25) is 0 Å². The number of carbonyl (C=O) groups is 11. The summed E-state index contributed by atoms with van der Waals surface area (Å²) in [5.74, 6) is -4.98. The van der Waals surface area contributed by atoms with Gasteiger partial charge < -0.3 is 16.4 Å². The van der Waals surface area contributed by atoms with Crippen LogP contribution in [0.4, 0.5) is 11.4 Å². The molecule has 0 aromatic heterocycles. The molecule has 6 aliphatic heterocycles. The molecule has 3 fully saturated rings. The van der Waals surface area contributed by atoms with Crippen molar-refractivity contribution in [1.82, 2.24) is 30.7 Å².